The van der Waals surface area contributed by atoms with Crippen molar-refractivity contribution in [1.82, 2.24) is 18.7 Å². The van der Waals surface area contributed by atoms with E-state index in [1.54, 1.807) is 29.6 Å². The fourth-order valence-electron chi connectivity index (χ4n) is 3.34. The van der Waals surface area contributed by atoms with Crippen molar-refractivity contribution in [3.63, 3.8) is 0 Å². The fraction of sp³-hybridized carbons (Fsp3) is 0.300. The number of carbonyl (C=O) groups excluding carboxylic acids is 1. The summed E-state index contributed by atoms with van der Waals surface area (Å²) >= 11 is 7.37. The molecule has 11 heteroatoms. The summed E-state index contributed by atoms with van der Waals surface area (Å²) in [6.07, 6.45) is 1.66. The van der Waals surface area contributed by atoms with Crippen LogP contribution < -0.4 is 21.3 Å². The predicted octanol–water partition coefficient (Wildman–Crippen LogP) is 2.97. The minimum absolute atomic E-state index is 0.180. The monoisotopic (exact) mass is 461 g/mol. The molecule has 0 saturated carbocycles. The highest BCUT2D eigenvalue weighted by Gasteiger charge is 2.19. The molecule has 1 N–H and O–H groups in total. The van der Waals surface area contributed by atoms with Crippen molar-refractivity contribution in [1.29, 1.82) is 0 Å². The highest BCUT2D eigenvalue weighted by atomic mass is 35.5. The highest BCUT2D eigenvalue weighted by molar-refractivity contribution is 7.17. The topological polar surface area (TPSA) is 99.6 Å². The number of rotatable bonds is 7. The maximum atomic E-state index is 13.0. The van der Waals surface area contributed by atoms with E-state index in [1.807, 2.05) is 6.92 Å². The maximum absolute atomic E-state index is 13.0. The molecule has 9 nitrogen and oxygen atoms in total. The van der Waals surface area contributed by atoms with Gasteiger partial charge >= 0.3 is 5.69 Å². The van der Waals surface area contributed by atoms with Crippen molar-refractivity contribution in [3.05, 3.63) is 55.5 Å². The molecule has 4 aromatic rings. The second kappa shape index (κ2) is 8.56. The average molecular weight is 462 g/mol. The van der Waals surface area contributed by atoms with Gasteiger partial charge in [-0.1, -0.05) is 24.9 Å². The molecule has 3 aromatic heterocycles. The summed E-state index contributed by atoms with van der Waals surface area (Å²) in [4.78, 5) is 38.5. The number of aryl methyl sites for hydroxylation is 1. The Hall–Kier alpha value is -3.11. The van der Waals surface area contributed by atoms with Gasteiger partial charge in [-0.05, 0) is 36.1 Å². The van der Waals surface area contributed by atoms with Crippen LogP contribution in [0.3, 0.4) is 0 Å². The number of nitrogens with zero attached hydrogens (tertiary/aromatic N) is 4. The van der Waals surface area contributed by atoms with Gasteiger partial charge < -0.3 is 10.1 Å². The van der Waals surface area contributed by atoms with Crippen LogP contribution in [0.2, 0.25) is 5.02 Å². The molecule has 4 rings (SSSR count). The number of unbranched alkanes of at least 4 members (excludes halogenated alkanes) is 1. The minimum atomic E-state index is -0.480. The number of nitrogens with one attached hydrogen (secondary N) is 1. The van der Waals surface area contributed by atoms with Crippen LogP contribution in [0.25, 0.3) is 16.0 Å². The lowest BCUT2D eigenvalue weighted by atomic mass is 10.3. The predicted molar refractivity (Wildman–Crippen MR) is 121 cm³/mol. The van der Waals surface area contributed by atoms with Gasteiger partial charge in [-0.3, -0.25) is 14.2 Å². The first-order valence-electron chi connectivity index (χ1n) is 9.67. The molecule has 0 aliphatic rings. The minimum Gasteiger partial charge on any atom is -0.495 e. The molecule has 1 aromatic carbocycles. The average Bonchev–Trinajstić information content (AvgIpc) is 3.33. The van der Waals surface area contributed by atoms with E-state index in [0.717, 1.165) is 17.5 Å². The number of amides is 1. The number of halogens is 1. The smallest absolute Gasteiger partial charge is 0.352 e. The SMILES string of the molecule is CCCCn1c(=O)c2sccc2n2c(=O)n(CC(=O)Nc3ccc(OC)c(Cl)c3)nc12. The number of ether oxygens (including phenoxy) is 1. The van der Waals surface area contributed by atoms with Crippen LogP contribution in [0.1, 0.15) is 19.8 Å². The highest BCUT2D eigenvalue weighted by Crippen LogP contribution is 2.27. The Morgan fingerprint density at radius 2 is 2.10 bits per heavy atom. The number of thiophene rings is 1. The number of methoxy groups -OCH3 is 1. The van der Waals surface area contributed by atoms with Gasteiger partial charge in [0.05, 0.1) is 17.6 Å². The molecule has 0 atom stereocenters. The zero-order chi connectivity index (χ0) is 22.1. The molecule has 1 amide bonds. The third kappa shape index (κ3) is 3.84. The summed E-state index contributed by atoms with van der Waals surface area (Å²) in [6, 6.07) is 6.55. The van der Waals surface area contributed by atoms with Crippen molar-refractivity contribution in [2.24, 2.45) is 0 Å². The van der Waals surface area contributed by atoms with Crippen molar-refractivity contribution >= 4 is 50.5 Å². The second-order valence-corrected chi connectivity index (χ2v) is 8.24. The number of benzene rings is 1. The Morgan fingerprint density at radius 3 is 2.81 bits per heavy atom. The van der Waals surface area contributed by atoms with Gasteiger partial charge in [-0.25, -0.2) is 13.9 Å². The van der Waals surface area contributed by atoms with E-state index in [0.29, 0.717) is 33.2 Å². The van der Waals surface area contributed by atoms with Gasteiger partial charge in [0.2, 0.25) is 11.7 Å². The summed E-state index contributed by atoms with van der Waals surface area (Å²) in [5.41, 5.74) is 0.302. The Kier molecular flexibility index (Phi) is 5.84. The normalized spacial score (nSPS) is 11.3. The first-order chi connectivity index (χ1) is 14.9. The largest absolute Gasteiger partial charge is 0.495 e. The Morgan fingerprint density at radius 1 is 1.29 bits per heavy atom. The number of aromatic nitrogens is 4. The van der Waals surface area contributed by atoms with Gasteiger partial charge in [0.1, 0.15) is 17.0 Å². The first kappa shape index (κ1) is 21.1. The lowest BCUT2D eigenvalue weighted by Gasteiger charge is -2.07. The molecule has 0 unspecified atom stereocenters. The summed E-state index contributed by atoms with van der Waals surface area (Å²) in [7, 11) is 1.50. The number of fused-ring (bicyclic) bond motifs is 3. The number of hydrogen-bond acceptors (Lipinski definition) is 6. The van der Waals surface area contributed by atoms with E-state index in [-0.39, 0.29) is 17.9 Å². The van der Waals surface area contributed by atoms with E-state index in [9.17, 15) is 14.4 Å². The van der Waals surface area contributed by atoms with E-state index < -0.39 is 11.6 Å². The van der Waals surface area contributed by atoms with Crippen molar-refractivity contribution in [3.8, 4) is 5.75 Å². The van der Waals surface area contributed by atoms with E-state index in [4.69, 9.17) is 16.3 Å². The fourth-order valence-corrected chi connectivity index (χ4v) is 4.42. The van der Waals surface area contributed by atoms with Gasteiger partial charge in [-0.2, -0.15) is 0 Å². The summed E-state index contributed by atoms with van der Waals surface area (Å²) in [5.74, 6) is 0.270. The zero-order valence-corrected chi connectivity index (χ0v) is 18.5. The molecule has 0 aliphatic carbocycles. The molecular weight excluding hydrogens is 442 g/mol. The molecule has 162 valence electrons. The van der Waals surface area contributed by atoms with Crippen LogP contribution in [0, 0.1) is 0 Å². The number of carbonyl (C=O) groups is 1. The molecule has 31 heavy (non-hydrogen) atoms. The van der Waals surface area contributed by atoms with Crippen LogP contribution in [-0.2, 0) is 17.9 Å². The van der Waals surface area contributed by atoms with E-state index >= 15 is 0 Å². The Bertz CT molecular complexity index is 1400. The molecule has 0 aliphatic heterocycles. The number of anilines is 1. The van der Waals surface area contributed by atoms with Crippen LogP contribution >= 0.6 is 22.9 Å². The molecular formula is C20H20ClN5O4S. The van der Waals surface area contributed by atoms with Gasteiger partial charge in [0.15, 0.2) is 0 Å². The van der Waals surface area contributed by atoms with Crippen molar-refractivity contribution < 1.29 is 9.53 Å². The lowest BCUT2D eigenvalue weighted by molar-refractivity contribution is -0.117. The molecule has 0 fully saturated rings. The molecule has 0 saturated heterocycles. The van der Waals surface area contributed by atoms with Gasteiger partial charge in [-0.15, -0.1) is 16.4 Å². The first-order valence-corrected chi connectivity index (χ1v) is 10.9. The lowest BCUT2D eigenvalue weighted by Crippen LogP contribution is -2.29. The third-order valence-electron chi connectivity index (χ3n) is 4.85. The van der Waals surface area contributed by atoms with Gasteiger partial charge in [0, 0.05) is 12.2 Å². The summed E-state index contributed by atoms with van der Waals surface area (Å²) < 4.78 is 9.54. The molecule has 0 bridgehead atoms. The van der Waals surface area contributed by atoms with E-state index in [1.165, 1.54) is 27.4 Å². The van der Waals surface area contributed by atoms with Crippen LogP contribution in [0.15, 0.2) is 39.2 Å². The van der Waals surface area contributed by atoms with Gasteiger partial charge in [0.25, 0.3) is 5.56 Å². The third-order valence-corrected chi connectivity index (χ3v) is 6.04. The summed E-state index contributed by atoms with van der Waals surface area (Å²) in [6.45, 7) is 2.16. The van der Waals surface area contributed by atoms with Crippen molar-refractivity contribution in [2.75, 3.05) is 12.4 Å². The zero-order valence-electron chi connectivity index (χ0n) is 16.9. The molecule has 0 radical (unpaired) electrons. The van der Waals surface area contributed by atoms with E-state index in [2.05, 4.69) is 10.4 Å². The van der Waals surface area contributed by atoms with Crippen LogP contribution in [-0.4, -0.2) is 31.8 Å². The summed E-state index contributed by atoms with van der Waals surface area (Å²) in [5, 5.41) is 9.12. The standard InChI is InChI=1S/C20H20ClN5O4S/c1-3-4-8-24-18(28)17-14(7-9-31-17)26-19(24)23-25(20(26)29)11-16(27)22-12-5-6-15(30-2)13(21)10-12/h5-7,9-10H,3-4,8,11H2,1-2H3,(H,22,27). The van der Waals surface area contributed by atoms with Crippen LogP contribution in [0.5, 0.6) is 5.75 Å². The molecule has 0 spiro atoms. The van der Waals surface area contributed by atoms with Crippen molar-refractivity contribution in [2.45, 2.75) is 32.9 Å². The molecule has 3 heterocycles. The Balaban J connectivity index is 1.70. The quantitative estimate of drug-likeness (QED) is 0.456. The maximum Gasteiger partial charge on any atom is 0.352 e. The van der Waals surface area contributed by atoms with Crippen LogP contribution in [0.4, 0.5) is 5.69 Å². The second-order valence-electron chi connectivity index (χ2n) is 6.92. The Labute approximate surface area is 185 Å². The number of hydrogen-bond donors (Lipinski definition) is 1.